The number of carbonyl (C=O) groups is 1. The molecule has 0 unspecified atom stereocenters. The molecule has 94 valence electrons. The van der Waals surface area contributed by atoms with Gasteiger partial charge in [-0.2, -0.15) is 5.26 Å². The molecule has 2 rings (SSSR count). The van der Waals surface area contributed by atoms with Gasteiger partial charge in [0.2, 0.25) is 0 Å². The van der Waals surface area contributed by atoms with E-state index in [0.717, 1.165) is 5.82 Å². The van der Waals surface area contributed by atoms with E-state index in [1.165, 1.54) is 0 Å². The van der Waals surface area contributed by atoms with Crippen LogP contribution in [0.4, 0.5) is 5.82 Å². The van der Waals surface area contributed by atoms with Gasteiger partial charge in [0.15, 0.2) is 0 Å². The van der Waals surface area contributed by atoms with Crippen molar-refractivity contribution in [2.75, 3.05) is 18.0 Å². The van der Waals surface area contributed by atoms with E-state index < -0.39 is 11.4 Å². The summed E-state index contributed by atoms with van der Waals surface area (Å²) in [5, 5.41) is 17.9. The van der Waals surface area contributed by atoms with Crippen LogP contribution in [0, 0.1) is 16.7 Å². The molecule has 5 heteroatoms. The van der Waals surface area contributed by atoms with E-state index >= 15 is 0 Å². The number of pyridine rings is 1. The lowest BCUT2D eigenvalue weighted by atomic mass is 9.80. The fourth-order valence-corrected chi connectivity index (χ4v) is 2.08. The molecule has 0 radical (unpaired) electrons. The molecule has 1 fully saturated rings. The summed E-state index contributed by atoms with van der Waals surface area (Å²) >= 11 is 0. The minimum absolute atomic E-state index is 0.533. The molecule has 0 saturated carbocycles. The smallest absolute Gasteiger partial charge is 0.309 e. The molecule has 1 aliphatic rings. The molecule has 0 aliphatic carbocycles. The minimum Gasteiger partial charge on any atom is -0.481 e. The van der Waals surface area contributed by atoms with E-state index in [1.807, 2.05) is 12.1 Å². The molecule has 0 bridgehead atoms. The molecule has 0 aromatic carbocycles. The van der Waals surface area contributed by atoms with Crippen LogP contribution in [0.15, 0.2) is 18.3 Å². The first-order valence-corrected chi connectivity index (χ1v) is 5.90. The summed E-state index contributed by atoms with van der Waals surface area (Å²) in [6, 6.07) is 5.56. The lowest BCUT2D eigenvalue weighted by Gasteiger charge is -2.37. The number of hydrogen-bond acceptors (Lipinski definition) is 4. The number of rotatable bonds is 2. The van der Waals surface area contributed by atoms with Crippen molar-refractivity contribution < 1.29 is 9.90 Å². The van der Waals surface area contributed by atoms with E-state index in [1.54, 1.807) is 19.2 Å². The quantitative estimate of drug-likeness (QED) is 0.857. The van der Waals surface area contributed by atoms with Gasteiger partial charge < -0.3 is 10.0 Å². The van der Waals surface area contributed by atoms with Crippen LogP contribution in [0.3, 0.4) is 0 Å². The van der Waals surface area contributed by atoms with Crippen LogP contribution in [0.2, 0.25) is 0 Å². The van der Waals surface area contributed by atoms with Crippen LogP contribution in [-0.2, 0) is 4.79 Å². The van der Waals surface area contributed by atoms with Crippen LogP contribution in [0.25, 0.3) is 0 Å². The van der Waals surface area contributed by atoms with Gasteiger partial charge in [-0.05, 0) is 31.9 Å². The SMILES string of the molecule is CC1(C(=O)O)CCN(c2ccc(C#N)cn2)CC1. The van der Waals surface area contributed by atoms with Crippen molar-refractivity contribution in [3.05, 3.63) is 23.9 Å². The molecule has 2 heterocycles. The van der Waals surface area contributed by atoms with Gasteiger partial charge in [0.05, 0.1) is 11.0 Å². The van der Waals surface area contributed by atoms with Gasteiger partial charge in [0.25, 0.3) is 0 Å². The van der Waals surface area contributed by atoms with Crippen molar-refractivity contribution in [2.45, 2.75) is 19.8 Å². The number of aliphatic carboxylic acids is 1. The molecule has 0 spiro atoms. The molecule has 1 aromatic heterocycles. The van der Waals surface area contributed by atoms with Gasteiger partial charge in [0.1, 0.15) is 11.9 Å². The lowest BCUT2D eigenvalue weighted by molar-refractivity contribution is -0.149. The summed E-state index contributed by atoms with van der Waals surface area (Å²) in [5.74, 6) is 0.0800. The fourth-order valence-electron chi connectivity index (χ4n) is 2.08. The van der Waals surface area contributed by atoms with Crippen molar-refractivity contribution in [3.63, 3.8) is 0 Å². The summed E-state index contributed by atoms with van der Waals surface area (Å²) < 4.78 is 0. The Morgan fingerprint density at radius 1 is 1.50 bits per heavy atom. The molecule has 5 nitrogen and oxygen atoms in total. The van der Waals surface area contributed by atoms with Gasteiger partial charge in [-0.15, -0.1) is 0 Å². The van der Waals surface area contributed by atoms with Crippen LogP contribution < -0.4 is 4.90 Å². The Kier molecular flexibility index (Phi) is 3.19. The largest absolute Gasteiger partial charge is 0.481 e. The number of hydrogen-bond donors (Lipinski definition) is 1. The molecule has 1 aliphatic heterocycles. The maximum atomic E-state index is 11.1. The van der Waals surface area contributed by atoms with E-state index in [-0.39, 0.29) is 0 Å². The summed E-state index contributed by atoms with van der Waals surface area (Å²) in [6.07, 6.45) is 2.77. The number of nitrogens with zero attached hydrogens (tertiary/aromatic N) is 3. The van der Waals surface area contributed by atoms with Crippen molar-refractivity contribution in [1.29, 1.82) is 5.26 Å². The maximum Gasteiger partial charge on any atom is 0.309 e. The Morgan fingerprint density at radius 2 is 2.17 bits per heavy atom. The molecule has 18 heavy (non-hydrogen) atoms. The zero-order valence-corrected chi connectivity index (χ0v) is 10.3. The van der Waals surface area contributed by atoms with Crippen molar-refractivity contribution in [2.24, 2.45) is 5.41 Å². The predicted molar refractivity (Wildman–Crippen MR) is 66.1 cm³/mol. The highest BCUT2D eigenvalue weighted by Crippen LogP contribution is 2.32. The van der Waals surface area contributed by atoms with Gasteiger partial charge in [0, 0.05) is 19.3 Å². The zero-order chi connectivity index (χ0) is 13.2. The first-order valence-electron chi connectivity index (χ1n) is 5.90. The number of carboxylic acids is 1. The second-order valence-electron chi connectivity index (χ2n) is 4.87. The Labute approximate surface area is 106 Å². The van der Waals surface area contributed by atoms with Crippen LogP contribution in [-0.4, -0.2) is 29.1 Å². The molecule has 0 atom stereocenters. The predicted octanol–water partition coefficient (Wildman–Crippen LogP) is 1.64. The standard InChI is InChI=1S/C13H15N3O2/c1-13(12(17)18)4-6-16(7-5-13)11-3-2-10(8-14)9-15-11/h2-3,9H,4-7H2,1H3,(H,17,18). The Balaban J connectivity index is 2.05. The summed E-state index contributed by atoms with van der Waals surface area (Å²) in [6.45, 7) is 3.16. The number of piperidine rings is 1. The first kappa shape index (κ1) is 12.4. The summed E-state index contributed by atoms with van der Waals surface area (Å²) in [5.41, 5.74) is -0.0885. The molecule has 0 amide bonds. The van der Waals surface area contributed by atoms with Crippen molar-refractivity contribution in [3.8, 4) is 6.07 Å². The minimum atomic E-state index is -0.727. The fraction of sp³-hybridized carbons (Fsp3) is 0.462. The average Bonchev–Trinajstić information content (AvgIpc) is 2.40. The van der Waals surface area contributed by atoms with E-state index in [9.17, 15) is 4.79 Å². The molecule has 1 aromatic rings. The van der Waals surface area contributed by atoms with E-state index in [4.69, 9.17) is 10.4 Å². The molecular formula is C13H15N3O2. The highest BCUT2D eigenvalue weighted by Gasteiger charge is 2.37. The average molecular weight is 245 g/mol. The third kappa shape index (κ3) is 2.28. The number of aromatic nitrogens is 1. The maximum absolute atomic E-state index is 11.1. The first-order chi connectivity index (χ1) is 8.55. The number of carboxylic acid groups (broad SMARTS) is 1. The van der Waals surface area contributed by atoms with Crippen LogP contribution in [0.5, 0.6) is 0 Å². The van der Waals surface area contributed by atoms with Gasteiger partial charge in [-0.25, -0.2) is 4.98 Å². The molecular weight excluding hydrogens is 230 g/mol. The van der Waals surface area contributed by atoms with Crippen molar-refractivity contribution >= 4 is 11.8 Å². The zero-order valence-electron chi connectivity index (χ0n) is 10.3. The monoisotopic (exact) mass is 245 g/mol. The normalized spacial score (nSPS) is 18.1. The molecule has 1 saturated heterocycles. The lowest BCUT2D eigenvalue weighted by Crippen LogP contribution is -2.43. The van der Waals surface area contributed by atoms with E-state index in [0.29, 0.717) is 31.5 Å². The summed E-state index contributed by atoms with van der Waals surface area (Å²) in [7, 11) is 0. The third-order valence-electron chi connectivity index (χ3n) is 3.58. The van der Waals surface area contributed by atoms with Crippen molar-refractivity contribution in [1.82, 2.24) is 4.98 Å². The molecule has 1 N–H and O–H groups in total. The highest BCUT2D eigenvalue weighted by molar-refractivity contribution is 5.74. The summed E-state index contributed by atoms with van der Waals surface area (Å²) in [4.78, 5) is 17.4. The Morgan fingerprint density at radius 3 is 2.61 bits per heavy atom. The highest BCUT2D eigenvalue weighted by atomic mass is 16.4. The third-order valence-corrected chi connectivity index (χ3v) is 3.58. The van der Waals surface area contributed by atoms with Crippen LogP contribution >= 0.6 is 0 Å². The van der Waals surface area contributed by atoms with Crippen LogP contribution in [0.1, 0.15) is 25.3 Å². The van der Waals surface area contributed by atoms with Gasteiger partial charge >= 0.3 is 5.97 Å². The van der Waals surface area contributed by atoms with Gasteiger partial charge in [-0.1, -0.05) is 0 Å². The van der Waals surface area contributed by atoms with E-state index in [2.05, 4.69) is 9.88 Å². The second-order valence-corrected chi connectivity index (χ2v) is 4.87. The topological polar surface area (TPSA) is 77.2 Å². The Bertz CT molecular complexity index is 482. The number of anilines is 1. The van der Waals surface area contributed by atoms with Gasteiger partial charge in [-0.3, -0.25) is 4.79 Å². The number of nitriles is 1. The Hall–Kier alpha value is -2.09. The second kappa shape index (κ2) is 4.65.